The molecule has 1 atom stereocenters. The van der Waals surface area contributed by atoms with E-state index >= 15 is 0 Å². The average molecular weight is 441 g/mol. The number of likely N-dealkylation sites (tertiary alicyclic amines) is 1. The molecule has 0 bridgehead atoms. The van der Waals surface area contributed by atoms with E-state index in [4.69, 9.17) is 16.3 Å². The third-order valence-corrected chi connectivity index (χ3v) is 6.72. The van der Waals surface area contributed by atoms with Crippen LogP contribution in [0.1, 0.15) is 48.9 Å². The maximum Gasteiger partial charge on any atom is 0.258 e. The van der Waals surface area contributed by atoms with Gasteiger partial charge in [-0.3, -0.25) is 14.5 Å². The Morgan fingerprint density at radius 1 is 1.06 bits per heavy atom. The van der Waals surface area contributed by atoms with E-state index in [0.29, 0.717) is 28.5 Å². The lowest BCUT2D eigenvalue weighted by Gasteiger charge is -2.42. The molecule has 1 amide bonds. The molecule has 0 spiro atoms. The second-order valence-electron chi connectivity index (χ2n) is 8.38. The fourth-order valence-electron chi connectivity index (χ4n) is 4.80. The van der Waals surface area contributed by atoms with E-state index in [2.05, 4.69) is 4.90 Å². The summed E-state index contributed by atoms with van der Waals surface area (Å²) >= 11 is 6.10. The molecule has 2 aromatic carbocycles. The molecule has 1 aliphatic heterocycles. The number of Topliss-reactive ketones (excluding diaryl/α,β-unsaturated/α-hetero) is 1. The first kappa shape index (κ1) is 21.8. The first-order chi connectivity index (χ1) is 15.1. The van der Waals surface area contributed by atoms with Crippen LogP contribution in [0.3, 0.4) is 0 Å². The quantitative estimate of drug-likeness (QED) is 0.658. The van der Waals surface area contributed by atoms with Crippen molar-refractivity contribution in [2.75, 3.05) is 25.1 Å². The predicted molar refractivity (Wildman–Crippen MR) is 123 cm³/mol. The van der Waals surface area contributed by atoms with Gasteiger partial charge in [0.1, 0.15) is 11.5 Å². The Balaban J connectivity index is 1.56. The third kappa shape index (κ3) is 4.94. The maximum atomic E-state index is 13.6. The number of carbonyl (C=O) groups is 2. The van der Waals surface area contributed by atoms with E-state index in [1.165, 1.54) is 0 Å². The summed E-state index contributed by atoms with van der Waals surface area (Å²) in [6, 6.07) is 14.8. The number of rotatable bonds is 5. The van der Waals surface area contributed by atoms with Gasteiger partial charge in [0.25, 0.3) is 5.91 Å². The minimum absolute atomic E-state index is 0.0478. The molecule has 0 N–H and O–H groups in total. The molecule has 2 aliphatic rings. The van der Waals surface area contributed by atoms with Gasteiger partial charge in [0.2, 0.25) is 0 Å². The Morgan fingerprint density at radius 3 is 2.48 bits per heavy atom. The molecule has 5 nitrogen and oxygen atoms in total. The van der Waals surface area contributed by atoms with Crippen molar-refractivity contribution >= 4 is 29.0 Å². The Bertz CT molecular complexity index is 923. The van der Waals surface area contributed by atoms with Gasteiger partial charge >= 0.3 is 0 Å². The topological polar surface area (TPSA) is 49.9 Å². The largest absolute Gasteiger partial charge is 0.497 e. The number of piperidine rings is 1. The zero-order valence-corrected chi connectivity index (χ0v) is 18.7. The molecule has 1 unspecified atom stereocenters. The normalized spacial score (nSPS) is 20.5. The fourth-order valence-corrected chi connectivity index (χ4v) is 4.92. The van der Waals surface area contributed by atoms with Crippen LogP contribution in [-0.4, -0.2) is 48.9 Å². The van der Waals surface area contributed by atoms with Crippen molar-refractivity contribution in [3.63, 3.8) is 0 Å². The molecule has 2 fully saturated rings. The molecule has 1 heterocycles. The smallest absolute Gasteiger partial charge is 0.258 e. The van der Waals surface area contributed by atoms with Gasteiger partial charge in [0.05, 0.1) is 13.2 Å². The van der Waals surface area contributed by atoms with Gasteiger partial charge in [0, 0.05) is 41.8 Å². The molecule has 4 rings (SSSR count). The molecule has 164 valence electrons. The summed E-state index contributed by atoms with van der Waals surface area (Å²) in [7, 11) is 1.60. The van der Waals surface area contributed by atoms with Crippen molar-refractivity contribution in [2.24, 2.45) is 0 Å². The lowest BCUT2D eigenvalue weighted by molar-refractivity contribution is -0.126. The Kier molecular flexibility index (Phi) is 6.93. The van der Waals surface area contributed by atoms with Crippen molar-refractivity contribution < 1.29 is 14.3 Å². The molecule has 1 saturated heterocycles. The van der Waals surface area contributed by atoms with E-state index in [0.717, 1.165) is 50.9 Å². The van der Waals surface area contributed by atoms with E-state index in [1.807, 2.05) is 47.4 Å². The second kappa shape index (κ2) is 9.84. The van der Waals surface area contributed by atoms with Gasteiger partial charge in [-0.25, -0.2) is 0 Å². The Labute approximate surface area is 188 Å². The number of nitrogens with zero attached hydrogens (tertiary/aromatic N) is 2. The van der Waals surface area contributed by atoms with Crippen LogP contribution in [0.15, 0.2) is 48.5 Å². The summed E-state index contributed by atoms with van der Waals surface area (Å²) in [5.41, 5.74) is 1.43. The molecule has 6 heteroatoms. The van der Waals surface area contributed by atoms with Crippen molar-refractivity contribution in [2.45, 2.75) is 50.6 Å². The number of anilines is 1. The highest BCUT2D eigenvalue weighted by molar-refractivity contribution is 6.30. The Hall–Kier alpha value is -2.37. The minimum atomic E-state index is -0.0478. The van der Waals surface area contributed by atoms with Gasteiger partial charge in [-0.2, -0.15) is 0 Å². The SMILES string of the molecule is COc1cccc(C(=O)N(c2ccc(Cl)cc2)C2CCN(C3CCCCC3=O)CC2)c1. The van der Waals surface area contributed by atoms with Crippen LogP contribution in [-0.2, 0) is 4.79 Å². The van der Waals surface area contributed by atoms with Crippen LogP contribution in [0.2, 0.25) is 5.02 Å². The zero-order chi connectivity index (χ0) is 21.8. The predicted octanol–water partition coefficient (Wildman–Crippen LogP) is 4.97. The standard InChI is InChI=1S/C25H29ClN2O3/c1-31-22-6-4-5-18(17-22)25(30)28(20-11-9-19(26)10-12-20)21-13-15-27(16-14-21)23-7-2-3-8-24(23)29/h4-6,9-12,17,21,23H,2-3,7-8,13-16H2,1H3. The lowest BCUT2D eigenvalue weighted by Crippen LogP contribution is -2.52. The van der Waals surface area contributed by atoms with Crippen molar-refractivity contribution in [1.82, 2.24) is 4.90 Å². The Morgan fingerprint density at radius 2 is 1.81 bits per heavy atom. The molecule has 2 aromatic rings. The second-order valence-corrected chi connectivity index (χ2v) is 8.81. The molecule has 1 saturated carbocycles. The number of ether oxygens (including phenoxy) is 1. The average Bonchev–Trinajstić information content (AvgIpc) is 2.81. The van der Waals surface area contributed by atoms with E-state index in [-0.39, 0.29) is 18.0 Å². The van der Waals surface area contributed by atoms with Crippen molar-refractivity contribution in [1.29, 1.82) is 0 Å². The van der Waals surface area contributed by atoms with Crippen LogP contribution in [0.25, 0.3) is 0 Å². The fraction of sp³-hybridized carbons (Fsp3) is 0.440. The van der Waals surface area contributed by atoms with Gasteiger partial charge in [0.15, 0.2) is 0 Å². The number of benzene rings is 2. The summed E-state index contributed by atoms with van der Waals surface area (Å²) in [6.07, 6.45) is 5.49. The zero-order valence-electron chi connectivity index (χ0n) is 17.9. The summed E-state index contributed by atoms with van der Waals surface area (Å²) in [6.45, 7) is 1.66. The molecular formula is C25H29ClN2O3. The lowest BCUT2D eigenvalue weighted by atomic mass is 9.90. The van der Waals surface area contributed by atoms with Gasteiger partial charge in [-0.05, 0) is 68.1 Å². The minimum Gasteiger partial charge on any atom is -0.497 e. The van der Waals surface area contributed by atoms with Crippen LogP contribution in [0, 0.1) is 0 Å². The van der Waals surface area contributed by atoms with Crippen LogP contribution in [0.5, 0.6) is 5.75 Å². The highest BCUT2D eigenvalue weighted by Crippen LogP contribution is 2.30. The van der Waals surface area contributed by atoms with Crippen LogP contribution in [0.4, 0.5) is 5.69 Å². The number of amides is 1. The first-order valence-electron chi connectivity index (χ1n) is 11.1. The molecule has 0 radical (unpaired) electrons. The van der Waals surface area contributed by atoms with Crippen molar-refractivity contribution in [3.05, 3.63) is 59.1 Å². The molecular weight excluding hydrogens is 412 g/mol. The highest BCUT2D eigenvalue weighted by Gasteiger charge is 2.35. The number of hydrogen-bond acceptors (Lipinski definition) is 4. The summed E-state index contributed by atoms with van der Waals surface area (Å²) in [5, 5.41) is 0.642. The highest BCUT2D eigenvalue weighted by atomic mass is 35.5. The number of carbonyl (C=O) groups excluding carboxylic acids is 2. The number of hydrogen-bond donors (Lipinski definition) is 0. The number of halogens is 1. The van der Waals surface area contributed by atoms with Gasteiger partial charge < -0.3 is 9.64 Å². The maximum absolute atomic E-state index is 13.6. The number of ketones is 1. The van der Waals surface area contributed by atoms with Gasteiger partial charge in [-0.1, -0.05) is 24.1 Å². The van der Waals surface area contributed by atoms with Crippen molar-refractivity contribution in [3.8, 4) is 5.75 Å². The molecule has 31 heavy (non-hydrogen) atoms. The summed E-state index contributed by atoms with van der Waals surface area (Å²) < 4.78 is 5.32. The third-order valence-electron chi connectivity index (χ3n) is 6.47. The van der Waals surface area contributed by atoms with Crippen LogP contribution >= 0.6 is 11.6 Å². The monoisotopic (exact) mass is 440 g/mol. The molecule has 0 aromatic heterocycles. The summed E-state index contributed by atoms with van der Waals surface area (Å²) in [5.74, 6) is 0.993. The molecule has 1 aliphatic carbocycles. The van der Waals surface area contributed by atoms with E-state index in [1.54, 1.807) is 13.2 Å². The number of methoxy groups -OCH3 is 1. The van der Waals surface area contributed by atoms with Gasteiger partial charge in [-0.15, -0.1) is 0 Å². The summed E-state index contributed by atoms with van der Waals surface area (Å²) in [4.78, 5) is 30.2. The van der Waals surface area contributed by atoms with Crippen LogP contribution < -0.4 is 9.64 Å². The first-order valence-corrected chi connectivity index (χ1v) is 11.4. The van der Waals surface area contributed by atoms with E-state index in [9.17, 15) is 9.59 Å². The van der Waals surface area contributed by atoms with E-state index < -0.39 is 0 Å².